The average molecular weight is 342 g/mol. The van der Waals surface area contributed by atoms with Crippen LogP contribution in [0.2, 0.25) is 10.3 Å². The van der Waals surface area contributed by atoms with Gasteiger partial charge in [0.05, 0.1) is 5.56 Å². The van der Waals surface area contributed by atoms with E-state index in [1.165, 1.54) is 12.1 Å². The number of benzene rings is 1. The maximum Gasteiger partial charge on any atom is 0.416 e. The summed E-state index contributed by atoms with van der Waals surface area (Å²) in [7, 11) is 0. The summed E-state index contributed by atoms with van der Waals surface area (Å²) < 4.78 is 35.7. The smallest absolute Gasteiger partial charge is 0.416 e. The number of carbonyl (C=O) groups is 1. The third-order valence-electron chi connectivity index (χ3n) is 2.04. The van der Waals surface area contributed by atoms with Crippen molar-refractivity contribution in [2.24, 2.45) is 0 Å². The average Bonchev–Trinajstić information content (AvgIpc) is 2.70. The lowest BCUT2D eigenvalue weighted by Gasteiger charge is -2.05. The molecule has 0 fully saturated rings. The number of nitrogens with two attached hydrogens (primary N) is 1. The van der Waals surface area contributed by atoms with Gasteiger partial charge in [0.15, 0.2) is 5.15 Å². The van der Waals surface area contributed by atoms with Crippen molar-refractivity contribution in [3.63, 3.8) is 0 Å². The number of alkyl halides is 3. The Morgan fingerprint density at radius 2 is 1.95 bits per heavy atom. The molecule has 1 aromatic heterocycles. The Hall–Kier alpha value is -1.93. The lowest BCUT2D eigenvalue weighted by atomic mass is 10.2. The number of aromatic carboxylic acids is 1. The summed E-state index contributed by atoms with van der Waals surface area (Å²) >= 11 is 10.7. The molecule has 0 atom stereocenters. The van der Waals surface area contributed by atoms with Gasteiger partial charge in [0.1, 0.15) is 5.15 Å². The number of hydrogen-bond donors (Lipinski definition) is 3. The quantitative estimate of drug-likeness (QED) is 0.689. The molecule has 2 aromatic rings. The van der Waals surface area contributed by atoms with Crippen LogP contribution in [0.1, 0.15) is 16.2 Å². The number of H-pyrrole nitrogens is 1. The Morgan fingerprint density at radius 3 is 2.24 bits per heavy atom. The van der Waals surface area contributed by atoms with Crippen molar-refractivity contribution in [3.8, 4) is 0 Å². The summed E-state index contributed by atoms with van der Waals surface area (Å²) in [4.78, 5) is 15.8. The monoisotopic (exact) mass is 341 g/mol. The number of rotatable bonds is 1. The highest BCUT2D eigenvalue weighted by molar-refractivity contribution is 6.40. The summed E-state index contributed by atoms with van der Waals surface area (Å²) in [6.07, 6.45) is -4.30. The molecule has 0 aliphatic rings. The molecule has 10 heteroatoms. The zero-order chi connectivity index (χ0) is 16.2. The first-order chi connectivity index (χ1) is 9.61. The fourth-order valence-electron chi connectivity index (χ4n) is 1.15. The van der Waals surface area contributed by atoms with Gasteiger partial charge in [-0.1, -0.05) is 29.3 Å². The molecule has 1 heterocycles. The van der Waals surface area contributed by atoms with Crippen LogP contribution in [0, 0.1) is 0 Å². The first-order valence-electron chi connectivity index (χ1n) is 5.18. The van der Waals surface area contributed by atoms with Crippen molar-refractivity contribution >= 4 is 34.9 Å². The molecule has 0 radical (unpaired) electrons. The summed E-state index contributed by atoms with van der Waals surface area (Å²) in [6.45, 7) is 0. The Labute approximate surface area is 126 Å². The minimum Gasteiger partial charge on any atom is -0.475 e. The molecular formula is C11H8Cl2F3N3O2. The summed E-state index contributed by atoms with van der Waals surface area (Å²) in [5.74, 6) is -1.44. The first kappa shape index (κ1) is 17.1. The molecule has 0 saturated carbocycles. The van der Waals surface area contributed by atoms with E-state index < -0.39 is 17.7 Å². The fourth-order valence-corrected chi connectivity index (χ4v) is 1.41. The van der Waals surface area contributed by atoms with Crippen molar-refractivity contribution in [1.29, 1.82) is 0 Å². The Balaban J connectivity index is 0.000000211. The van der Waals surface area contributed by atoms with Gasteiger partial charge in [-0.2, -0.15) is 13.2 Å². The Kier molecular flexibility index (Phi) is 5.45. The van der Waals surface area contributed by atoms with E-state index >= 15 is 0 Å². The van der Waals surface area contributed by atoms with Crippen LogP contribution in [0.4, 0.5) is 18.9 Å². The van der Waals surface area contributed by atoms with Gasteiger partial charge >= 0.3 is 12.1 Å². The van der Waals surface area contributed by atoms with Crippen LogP contribution >= 0.6 is 23.2 Å². The number of anilines is 1. The highest BCUT2D eigenvalue weighted by atomic mass is 35.5. The minimum atomic E-state index is -4.30. The topological polar surface area (TPSA) is 92.0 Å². The summed E-state index contributed by atoms with van der Waals surface area (Å²) in [5, 5.41) is 8.32. The maximum absolute atomic E-state index is 11.9. The third kappa shape index (κ3) is 5.16. The molecule has 4 N–H and O–H groups in total. The SMILES string of the molecule is Nc1cccc(C(F)(F)F)c1.O=C(O)c1nc(Cl)c(Cl)[nH]1. The largest absolute Gasteiger partial charge is 0.475 e. The van der Waals surface area contributed by atoms with E-state index in [9.17, 15) is 18.0 Å². The van der Waals surface area contributed by atoms with E-state index in [0.29, 0.717) is 0 Å². The molecule has 0 saturated heterocycles. The second kappa shape index (κ2) is 6.68. The van der Waals surface area contributed by atoms with Gasteiger partial charge < -0.3 is 15.8 Å². The normalized spacial score (nSPS) is 10.7. The number of nitrogens with zero attached hydrogens (tertiary/aromatic N) is 1. The van der Waals surface area contributed by atoms with Gasteiger partial charge in [-0.15, -0.1) is 0 Å². The molecule has 2 rings (SSSR count). The Bertz CT molecular complexity index is 624. The molecule has 0 unspecified atom stereocenters. The molecule has 0 amide bonds. The van der Waals surface area contributed by atoms with Crippen LogP contribution in [-0.2, 0) is 6.18 Å². The number of aromatic amines is 1. The molecule has 1 aromatic carbocycles. The number of nitrogens with one attached hydrogen (secondary N) is 1. The number of imidazole rings is 1. The van der Waals surface area contributed by atoms with Gasteiger partial charge in [0.25, 0.3) is 0 Å². The van der Waals surface area contributed by atoms with E-state index in [1.54, 1.807) is 0 Å². The number of aromatic nitrogens is 2. The van der Waals surface area contributed by atoms with E-state index in [-0.39, 0.29) is 21.8 Å². The van der Waals surface area contributed by atoms with Crippen LogP contribution in [0.5, 0.6) is 0 Å². The molecule has 21 heavy (non-hydrogen) atoms. The van der Waals surface area contributed by atoms with Crippen LogP contribution < -0.4 is 5.73 Å². The number of carboxylic acids is 1. The number of carboxylic acid groups (broad SMARTS) is 1. The van der Waals surface area contributed by atoms with Gasteiger partial charge in [0, 0.05) is 5.69 Å². The van der Waals surface area contributed by atoms with Gasteiger partial charge in [-0.05, 0) is 18.2 Å². The lowest BCUT2D eigenvalue weighted by Crippen LogP contribution is -2.04. The molecule has 0 aliphatic carbocycles. The summed E-state index contributed by atoms with van der Waals surface area (Å²) in [5.41, 5.74) is 4.57. The molecule has 0 bridgehead atoms. The predicted molar refractivity (Wildman–Crippen MR) is 71.4 cm³/mol. The van der Waals surface area contributed by atoms with Crippen LogP contribution in [-0.4, -0.2) is 21.0 Å². The van der Waals surface area contributed by atoms with Gasteiger partial charge in [0.2, 0.25) is 5.82 Å². The molecule has 5 nitrogen and oxygen atoms in total. The summed E-state index contributed by atoms with van der Waals surface area (Å²) in [6, 6.07) is 4.57. The van der Waals surface area contributed by atoms with Crippen LogP contribution in [0.3, 0.4) is 0 Å². The molecular weight excluding hydrogens is 334 g/mol. The van der Waals surface area contributed by atoms with Gasteiger partial charge in [-0.25, -0.2) is 9.78 Å². The molecule has 0 spiro atoms. The fraction of sp³-hybridized carbons (Fsp3) is 0.0909. The number of halogens is 5. The van der Waals surface area contributed by atoms with E-state index in [4.69, 9.17) is 34.0 Å². The van der Waals surface area contributed by atoms with E-state index in [1.807, 2.05) is 0 Å². The van der Waals surface area contributed by atoms with Crippen LogP contribution in [0.15, 0.2) is 24.3 Å². The molecule has 0 aliphatic heterocycles. The highest BCUT2D eigenvalue weighted by Crippen LogP contribution is 2.29. The third-order valence-corrected chi connectivity index (χ3v) is 2.68. The Morgan fingerprint density at radius 1 is 1.33 bits per heavy atom. The van der Waals surface area contributed by atoms with Crippen LogP contribution in [0.25, 0.3) is 0 Å². The standard InChI is InChI=1S/C7H6F3N.C4H2Cl2N2O2/c8-7(9,10)5-2-1-3-6(11)4-5;5-1-2(6)8-3(7-1)4(9)10/h1-4H,11H2;(H,7,8)(H,9,10). The van der Waals surface area contributed by atoms with E-state index in [0.717, 1.165) is 12.1 Å². The lowest BCUT2D eigenvalue weighted by molar-refractivity contribution is -0.137. The predicted octanol–water partition coefficient (Wildman–Crippen LogP) is 3.70. The minimum absolute atomic E-state index is 0.0286. The van der Waals surface area contributed by atoms with Crippen molar-refractivity contribution in [2.75, 3.05) is 5.73 Å². The molecule has 114 valence electrons. The first-order valence-corrected chi connectivity index (χ1v) is 5.94. The van der Waals surface area contributed by atoms with Gasteiger partial charge in [-0.3, -0.25) is 0 Å². The van der Waals surface area contributed by atoms with Crippen molar-refractivity contribution in [1.82, 2.24) is 9.97 Å². The highest BCUT2D eigenvalue weighted by Gasteiger charge is 2.30. The van der Waals surface area contributed by atoms with E-state index in [2.05, 4.69) is 9.97 Å². The second-order valence-electron chi connectivity index (χ2n) is 3.62. The maximum atomic E-state index is 11.9. The second-order valence-corrected chi connectivity index (χ2v) is 4.35. The van der Waals surface area contributed by atoms with Crippen molar-refractivity contribution in [3.05, 3.63) is 46.0 Å². The van der Waals surface area contributed by atoms with Crippen molar-refractivity contribution < 1.29 is 23.1 Å². The van der Waals surface area contributed by atoms with Crippen molar-refractivity contribution in [2.45, 2.75) is 6.18 Å². The number of nitrogen functional groups attached to an aromatic ring is 1. The zero-order valence-electron chi connectivity index (χ0n) is 10.1. The number of hydrogen-bond acceptors (Lipinski definition) is 3. The zero-order valence-corrected chi connectivity index (χ0v) is 11.6.